The highest BCUT2D eigenvalue weighted by atomic mass is 32.2. The van der Waals surface area contributed by atoms with Gasteiger partial charge in [-0.3, -0.25) is 4.79 Å². The average Bonchev–Trinajstić information content (AvgIpc) is 2.60. The van der Waals surface area contributed by atoms with Crippen LogP contribution in [0.4, 0.5) is 0 Å². The molecule has 6 heteroatoms. The van der Waals surface area contributed by atoms with Crippen LogP contribution in [-0.2, 0) is 21.2 Å². The molecule has 0 aliphatic carbocycles. The molecule has 0 aliphatic heterocycles. The van der Waals surface area contributed by atoms with E-state index in [1.54, 1.807) is 24.3 Å². The topological polar surface area (TPSA) is 66.5 Å². The number of nitrogens with zero attached hydrogens (tertiary/aromatic N) is 1. The summed E-state index contributed by atoms with van der Waals surface area (Å²) in [7, 11) is -2.07. The standard InChI is InChI=1S/C20H26N2O3S/c1-16-11-13-17(14-12-16)8-7-15-21-20(23)19(22(2)26(3,24)25)18-9-5-4-6-10-18/h4-6,9-14,19H,7-8,15H2,1-3H3,(H,21,23)/t19-/m1/s1. The zero-order valence-corrected chi connectivity index (χ0v) is 16.3. The largest absolute Gasteiger partial charge is 0.354 e. The highest BCUT2D eigenvalue weighted by molar-refractivity contribution is 7.88. The van der Waals surface area contributed by atoms with E-state index in [1.807, 2.05) is 13.0 Å². The van der Waals surface area contributed by atoms with Crippen LogP contribution in [0.5, 0.6) is 0 Å². The Kier molecular flexibility index (Phi) is 6.94. The molecule has 1 amide bonds. The van der Waals surface area contributed by atoms with E-state index in [1.165, 1.54) is 18.2 Å². The van der Waals surface area contributed by atoms with Gasteiger partial charge in [0.05, 0.1) is 6.26 Å². The van der Waals surface area contributed by atoms with E-state index in [9.17, 15) is 13.2 Å². The van der Waals surface area contributed by atoms with Crippen LogP contribution in [0, 0.1) is 6.92 Å². The van der Waals surface area contributed by atoms with Gasteiger partial charge in [-0.25, -0.2) is 8.42 Å². The van der Waals surface area contributed by atoms with Crippen LogP contribution in [0.15, 0.2) is 54.6 Å². The number of carbonyl (C=O) groups is 1. The number of carbonyl (C=O) groups excluding carboxylic acids is 1. The third kappa shape index (κ3) is 5.68. The second kappa shape index (κ2) is 8.96. The number of benzene rings is 2. The molecule has 26 heavy (non-hydrogen) atoms. The van der Waals surface area contributed by atoms with Crippen LogP contribution < -0.4 is 5.32 Å². The van der Waals surface area contributed by atoms with E-state index in [0.29, 0.717) is 12.1 Å². The third-order valence-electron chi connectivity index (χ3n) is 4.31. The molecule has 1 N–H and O–H groups in total. The van der Waals surface area contributed by atoms with Crippen molar-refractivity contribution in [2.75, 3.05) is 19.8 Å². The van der Waals surface area contributed by atoms with Gasteiger partial charge in [-0.05, 0) is 30.9 Å². The number of amides is 1. The number of nitrogens with one attached hydrogen (secondary N) is 1. The molecule has 0 saturated heterocycles. The average molecular weight is 375 g/mol. The van der Waals surface area contributed by atoms with Gasteiger partial charge in [0.15, 0.2) is 0 Å². The molecular weight excluding hydrogens is 348 g/mol. The SMILES string of the molecule is Cc1ccc(CCCNC(=O)[C@@H](c2ccccc2)N(C)S(C)(=O)=O)cc1. The van der Waals surface area contributed by atoms with Crippen molar-refractivity contribution < 1.29 is 13.2 Å². The summed E-state index contributed by atoms with van der Waals surface area (Å²) < 4.78 is 25.0. The van der Waals surface area contributed by atoms with Crippen LogP contribution in [0.3, 0.4) is 0 Å². The Morgan fingerprint density at radius 3 is 2.27 bits per heavy atom. The van der Waals surface area contributed by atoms with E-state index >= 15 is 0 Å². The first-order valence-electron chi connectivity index (χ1n) is 8.60. The Bertz CT molecular complexity index is 818. The van der Waals surface area contributed by atoms with Crippen LogP contribution in [0.1, 0.15) is 29.2 Å². The van der Waals surface area contributed by atoms with Gasteiger partial charge in [0, 0.05) is 13.6 Å². The van der Waals surface area contributed by atoms with Crippen molar-refractivity contribution in [2.45, 2.75) is 25.8 Å². The molecule has 0 bridgehead atoms. The first kappa shape index (κ1) is 20.1. The molecule has 2 aromatic carbocycles. The van der Waals surface area contributed by atoms with Crippen LogP contribution in [0.25, 0.3) is 0 Å². The molecule has 0 saturated carbocycles. The van der Waals surface area contributed by atoms with Crippen molar-refractivity contribution in [1.29, 1.82) is 0 Å². The predicted molar refractivity (Wildman–Crippen MR) is 104 cm³/mol. The predicted octanol–water partition coefficient (Wildman–Crippen LogP) is 2.68. The fourth-order valence-electron chi connectivity index (χ4n) is 2.71. The molecule has 0 spiro atoms. The van der Waals surface area contributed by atoms with Crippen molar-refractivity contribution in [3.63, 3.8) is 0 Å². The van der Waals surface area contributed by atoms with E-state index in [-0.39, 0.29) is 5.91 Å². The second-order valence-corrected chi connectivity index (χ2v) is 8.51. The van der Waals surface area contributed by atoms with Crippen molar-refractivity contribution >= 4 is 15.9 Å². The number of aryl methyl sites for hydroxylation is 2. The normalized spacial score (nSPS) is 12.8. The van der Waals surface area contributed by atoms with Gasteiger partial charge in [-0.2, -0.15) is 4.31 Å². The Morgan fingerprint density at radius 2 is 1.69 bits per heavy atom. The number of hydrogen-bond donors (Lipinski definition) is 1. The Labute approximate surface area is 156 Å². The zero-order chi connectivity index (χ0) is 19.2. The summed E-state index contributed by atoms with van der Waals surface area (Å²) in [4.78, 5) is 12.7. The van der Waals surface area contributed by atoms with Crippen molar-refractivity contribution in [2.24, 2.45) is 0 Å². The summed E-state index contributed by atoms with van der Waals surface area (Å²) in [5.41, 5.74) is 3.09. The van der Waals surface area contributed by atoms with Crippen molar-refractivity contribution in [1.82, 2.24) is 9.62 Å². The molecule has 0 unspecified atom stereocenters. The lowest BCUT2D eigenvalue weighted by Crippen LogP contribution is -2.41. The molecule has 0 fully saturated rings. The number of likely N-dealkylation sites (N-methyl/N-ethyl adjacent to an activating group) is 1. The number of rotatable bonds is 8. The van der Waals surface area contributed by atoms with Crippen LogP contribution >= 0.6 is 0 Å². The van der Waals surface area contributed by atoms with E-state index in [2.05, 4.69) is 29.6 Å². The highest BCUT2D eigenvalue weighted by Crippen LogP contribution is 2.21. The van der Waals surface area contributed by atoms with Crippen LogP contribution in [-0.4, -0.2) is 38.5 Å². The fraction of sp³-hybridized carbons (Fsp3) is 0.350. The minimum absolute atomic E-state index is 0.312. The Hall–Kier alpha value is -2.18. The van der Waals surface area contributed by atoms with Gasteiger partial charge in [-0.1, -0.05) is 60.2 Å². The summed E-state index contributed by atoms with van der Waals surface area (Å²) in [6, 6.07) is 16.4. The lowest BCUT2D eigenvalue weighted by atomic mass is 10.1. The first-order valence-corrected chi connectivity index (χ1v) is 10.4. The molecule has 1 atom stereocenters. The molecule has 0 heterocycles. The second-order valence-electron chi connectivity index (χ2n) is 6.47. The van der Waals surface area contributed by atoms with Gasteiger partial charge >= 0.3 is 0 Å². The number of hydrogen-bond acceptors (Lipinski definition) is 3. The summed E-state index contributed by atoms with van der Waals surface area (Å²) >= 11 is 0. The summed E-state index contributed by atoms with van der Waals surface area (Å²) in [6.07, 6.45) is 2.75. The molecule has 2 rings (SSSR count). The summed E-state index contributed by atoms with van der Waals surface area (Å²) in [5.74, 6) is -0.312. The molecule has 2 aromatic rings. The maximum atomic E-state index is 12.7. The molecule has 140 valence electrons. The van der Waals surface area contributed by atoms with Crippen molar-refractivity contribution in [3.05, 3.63) is 71.3 Å². The quantitative estimate of drug-likeness (QED) is 0.723. The summed E-state index contributed by atoms with van der Waals surface area (Å²) in [6.45, 7) is 2.54. The van der Waals surface area contributed by atoms with Crippen LogP contribution in [0.2, 0.25) is 0 Å². The summed E-state index contributed by atoms with van der Waals surface area (Å²) in [5, 5.41) is 2.87. The molecular formula is C20H26N2O3S. The molecule has 5 nitrogen and oxygen atoms in total. The minimum Gasteiger partial charge on any atom is -0.354 e. The lowest BCUT2D eigenvalue weighted by molar-refractivity contribution is -0.124. The third-order valence-corrected chi connectivity index (χ3v) is 5.57. The van der Waals surface area contributed by atoms with Gasteiger partial charge < -0.3 is 5.32 Å². The van der Waals surface area contributed by atoms with Gasteiger partial charge in [0.25, 0.3) is 0 Å². The van der Waals surface area contributed by atoms with Gasteiger partial charge in [0.2, 0.25) is 15.9 Å². The number of sulfonamides is 1. The van der Waals surface area contributed by atoms with Gasteiger partial charge in [0.1, 0.15) is 6.04 Å². The molecule has 0 radical (unpaired) electrons. The van der Waals surface area contributed by atoms with Gasteiger partial charge in [-0.15, -0.1) is 0 Å². The maximum Gasteiger partial charge on any atom is 0.242 e. The van der Waals surface area contributed by atoms with Crippen molar-refractivity contribution in [3.8, 4) is 0 Å². The maximum absolute atomic E-state index is 12.7. The highest BCUT2D eigenvalue weighted by Gasteiger charge is 2.30. The monoisotopic (exact) mass is 374 g/mol. The fourth-order valence-corrected chi connectivity index (χ4v) is 3.31. The first-order chi connectivity index (χ1) is 12.3. The minimum atomic E-state index is -3.50. The smallest absolute Gasteiger partial charge is 0.242 e. The Balaban J connectivity index is 1.99. The van der Waals surface area contributed by atoms with E-state index < -0.39 is 16.1 Å². The zero-order valence-electron chi connectivity index (χ0n) is 15.5. The van der Waals surface area contributed by atoms with E-state index in [4.69, 9.17) is 0 Å². The Morgan fingerprint density at radius 1 is 1.08 bits per heavy atom. The van der Waals surface area contributed by atoms with E-state index in [0.717, 1.165) is 23.4 Å². The molecule has 0 aliphatic rings. The molecule has 0 aromatic heterocycles. The lowest BCUT2D eigenvalue weighted by Gasteiger charge is -2.25.